The van der Waals surface area contributed by atoms with Crippen LogP contribution in [0.25, 0.3) is 17.4 Å². The number of aliphatic carboxylic acids is 1. The van der Waals surface area contributed by atoms with Crippen LogP contribution in [-0.2, 0) is 11.2 Å². The third-order valence-corrected chi connectivity index (χ3v) is 4.51. The lowest BCUT2D eigenvalue weighted by atomic mass is 10.2. The molecule has 0 bridgehead atoms. The SMILES string of the molecule is CCc1nnc(S/C(=C\c2ccc(-c3cccc(Br)c3)o2)C(=O)O)o1. The molecule has 6 nitrogen and oxygen atoms in total. The largest absolute Gasteiger partial charge is 0.477 e. The number of benzene rings is 1. The summed E-state index contributed by atoms with van der Waals surface area (Å²) < 4.78 is 12.0. The van der Waals surface area contributed by atoms with Crippen LogP contribution in [-0.4, -0.2) is 21.3 Å². The molecule has 8 heteroatoms. The molecule has 1 aromatic carbocycles. The van der Waals surface area contributed by atoms with E-state index in [1.165, 1.54) is 6.08 Å². The predicted octanol–water partition coefficient (Wildman–Crippen LogP) is 4.87. The highest BCUT2D eigenvalue weighted by atomic mass is 79.9. The maximum Gasteiger partial charge on any atom is 0.342 e. The Hall–Kier alpha value is -2.32. The van der Waals surface area contributed by atoms with Gasteiger partial charge in [0, 0.05) is 22.5 Å². The van der Waals surface area contributed by atoms with Gasteiger partial charge in [-0.15, -0.1) is 10.2 Å². The molecule has 0 radical (unpaired) electrons. The van der Waals surface area contributed by atoms with Crippen LogP contribution in [0.1, 0.15) is 18.6 Å². The molecule has 0 saturated heterocycles. The Balaban J connectivity index is 1.84. The number of aromatic nitrogens is 2. The van der Waals surface area contributed by atoms with Crippen LogP contribution in [0.15, 0.2) is 59.8 Å². The summed E-state index contributed by atoms with van der Waals surface area (Å²) in [6.45, 7) is 1.88. The predicted molar refractivity (Wildman–Crippen MR) is 97.0 cm³/mol. The van der Waals surface area contributed by atoms with Crippen LogP contribution >= 0.6 is 27.7 Å². The molecule has 0 aliphatic carbocycles. The van der Waals surface area contributed by atoms with Gasteiger partial charge in [-0.2, -0.15) is 0 Å². The Morgan fingerprint density at radius 2 is 2.12 bits per heavy atom. The highest BCUT2D eigenvalue weighted by Crippen LogP contribution is 2.30. The third kappa shape index (κ3) is 4.40. The molecule has 0 spiro atoms. The summed E-state index contributed by atoms with van der Waals surface area (Å²) in [4.78, 5) is 11.5. The first-order valence-corrected chi connectivity index (χ1v) is 8.97. The second-order valence-corrected chi connectivity index (χ2v) is 6.85. The Morgan fingerprint density at radius 1 is 1.28 bits per heavy atom. The normalized spacial score (nSPS) is 11.7. The zero-order valence-electron chi connectivity index (χ0n) is 13.1. The van der Waals surface area contributed by atoms with E-state index in [9.17, 15) is 9.90 Å². The molecule has 0 atom stereocenters. The average molecular weight is 421 g/mol. The molecule has 0 saturated carbocycles. The summed E-state index contributed by atoms with van der Waals surface area (Å²) in [5.74, 6) is 0.437. The number of carboxylic acids is 1. The number of carboxylic acid groups (broad SMARTS) is 1. The van der Waals surface area contributed by atoms with E-state index in [0.717, 1.165) is 21.8 Å². The summed E-state index contributed by atoms with van der Waals surface area (Å²) in [6.07, 6.45) is 2.03. The van der Waals surface area contributed by atoms with E-state index >= 15 is 0 Å². The number of nitrogens with zero attached hydrogens (tertiary/aromatic N) is 2. The summed E-state index contributed by atoms with van der Waals surface area (Å²) in [5.41, 5.74) is 0.892. The van der Waals surface area contributed by atoms with Crippen LogP contribution in [0.5, 0.6) is 0 Å². The minimum absolute atomic E-state index is 0.0291. The van der Waals surface area contributed by atoms with Gasteiger partial charge in [-0.25, -0.2) is 4.79 Å². The molecule has 3 rings (SSSR count). The van der Waals surface area contributed by atoms with Crippen molar-refractivity contribution in [2.75, 3.05) is 0 Å². The van der Waals surface area contributed by atoms with Gasteiger partial charge in [0.1, 0.15) is 16.4 Å². The second-order valence-electron chi connectivity index (χ2n) is 4.94. The van der Waals surface area contributed by atoms with E-state index in [0.29, 0.717) is 23.8 Å². The third-order valence-electron chi connectivity index (χ3n) is 3.17. The minimum atomic E-state index is -1.10. The van der Waals surface area contributed by atoms with Crippen LogP contribution in [0, 0.1) is 0 Å². The quantitative estimate of drug-likeness (QED) is 0.449. The topological polar surface area (TPSA) is 89.4 Å². The smallest absolute Gasteiger partial charge is 0.342 e. The van der Waals surface area contributed by atoms with Gasteiger partial charge in [-0.05, 0) is 36.0 Å². The first-order valence-electron chi connectivity index (χ1n) is 7.36. The minimum Gasteiger partial charge on any atom is -0.477 e. The Bertz CT molecular complexity index is 932. The van der Waals surface area contributed by atoms with E-state index in [2.05, 4.69) is 26.1 Å². The van der Waals surface area contributed by atoms with Crippen molar-refractivity contribution in [1.29, 1.82) is 0 Å². The van der Waals surface area contributed by atoms with Gasteiger partial charge in [-0.3, -0.25) is 0 Å². The van der Waals surface area contributed by atoms with Crippen molar-refractivity contribution in [3.63, 3.8) is 0 Å². The molecule has 0 amide bonds. The van der Waals surface area contributed by atoms with Crippen molar-refractivity contribution >= 4 is 39.7 Å². The van der Waals surface area contributed by atoms with Gasteiger partial charge in [0.2, 0.25) is 5.89 Å². The first-order chi connectivity index (χ1) is 12.0. The lowest BCUT2D eigenvalue weighted by Gasteiger charge is -1.98. The lowest BCUT2D eigenvalue weighted by molar-refractivity contribution is -0.131. The van der Waals surface area contributed by atoms with E-state index in [1.54, 1.807) is 12.1 Å². The Kier molecular flexibility index (Phi) is 5.40. The highest BCUT2D eigenvalue weighted by molar-refractivity contribution is 9.10. The van der Waals surface area contributed by atoms with Crippen LogP contribution < -0.4 is 0 Å². The van der Waals surface area contributed by atoms with Gasteiger partial charge < -0.3 is 13.9 Å². The van der Waals surface area contributed by atoms with Crippen molar-refractivity contribution in [3.8, 4) is 11.3 Å². The van der Waals surface area contributed by atoms with Crippen LogP contribution in [0.3, 0.4) is 0 Å². The maximum absolute atomic E-state index is 11.5. The monoisotopic (exact) mass is 420 g/mol. The number of aryl methyl sites for hydroxylation is 1. The fourth-order valence-corrected chi connectivity index (χ4v) is 3.08. The van der Waals surface area contributed by atoms with Crippen molar-refractivity contribution in [3.05, 3.63) is 57.4 Å². The Morgan fingerprint density at radius 3 is 2.80 bits per heavy atom. The van der Waals surface area contributed by atoms with Crippen molar-refractivity contribution < 1.29 is 18.7 Å². The molecular weight excluding hydrogens is 408 g/mol. The van der Waals surface area contributed by atoms with Gasteiger partial charge >= 0.3 is 5.97 Å². The highest BCUT2D eigenvalue weighted by Gasteiger charge is 2.16. The zero-order chi connectivity index (χ0) is 17.8. The molecule has 0 unspecified atom stereocenters. The summed E-state index contributed by atoms with van der Waals surface area (Å²) >= 11 is 4.30. The summed E-state index contributed by atoms with van der Waals surface area (Å²) in [6, 6.07) is 11.2. The molecule has 25 heavy (non-hydrogen) atoms. The molecule has 0 aliphatic rings. The Labute approximate surface area is 156 Å². The number of furan rings is 1. The average Bonchev–Trinajstić information content (AvgIpc) is 3.23. The molecule has 2 heterocycles. The fraction of sp³-hybridized carbons (Fsp3) is 0.118. The molecular formula is C17H13BrN2O4S. The van der Waals surface area contributed by atoms with Crippen molar-refractivity contribution in [2.24, 2.45) is 0 Å². The summed E-state index contributed by atoms with van der Waals surface area (Å²) in [5, 5.41) is 17.2. The molecule has 1 N–H and O–H groups in total. The van der Waals surface area contributed by atoms with E-state index in [1.807, 2.05) is 31.2 Å². The van der Waals surface area contributed by atoms with Gasteiger partial charge in [0.25, 0.3) is 5.22 Å². The number of halogens is 1. The summed E-state index contributed by atoms with van der Waals surface area (Å²) in [7, 11) is 0. The van der Waals surface area contributed by atoms with E-state index in [4.69, 9.17) is 8.83 Å². The van der Waals surface area contributed by atoms with E-state index < -0.39 is 5.97 Å². The maximum atomic E-state index is 11.5. The fourth-order valence-electron chi connectivity index (χ4n) is 2.01. The van der Waals surface area contributed by atoms with Crippen LogP contribution in [0.4, 0.5) is 0 Å². The zero-order valence-corrected chi connectivity index (χ0v) is 15.5. The molecule has 2 aromatic heterocycles. The van der Waals surface area contributed by atoms with Gasteiger partial charge in [-0.1, -0.05) is 35.0 Å². The number of rotatable bonds is 6. The number of hydrogen-bond acceptors (Lipinski definition) is 6. The molecule has 0 aliphatic heterocycles. The molecule has 0 fully saturated rings. The first kappa shape index (κ1) is 17.5. The van der Waals surface area contributed by atoms with Crippen molar-refractivity contribution in [1.82, 2.24) is 10.2 Å². The lowest BCUT2D eigenvalue weighted by Crippen LogP contribution is -1.96. The molecule has 128 valence electrons. The van der Waals surface area contributed by atoms with Gasteiger partial charge in [0.05, 0.1) is 0 Å². The number of thioether (sulfide) groups is 1. The number of carbonyl (C=O) groups is 1. The van der Waals surface area contributed by atoms with E-state index in [-0.39, 0.29) is 10.1 Å². The van der Waals surface area contributed by atoms with Crippen molar-refractivity contribution in [2.45, 2.75) is 18.6 Å². The number of hydrogen-bond donors (Lipinski definition) is 1. The van der Waals surface area contributed by atoms with Gasteiger partial charge in [0.15, 0.2) is 0 Å². The standard InChI is InChI=1S/C17H13BrN2O4S/c1-2-15-19-20-17(24-15)25-14(16(21)22)9-12-6-7-13(23-12)10-4-3-5-11(18)8-10/h3-9H,2H2,1H3,(H,21,22)/b14-9-. The van der Waals surface area contributed by atoms with Crippen LogP contribution in [0.2, 0.25) is 0 Å². The molecule has 3 aromatic rings. The second kappa shape index (κ2) is 7.71.